The molecule has 34 heavy (non-hydrogen) atoms. The van der Waals surface area contributed by atoms with Gasteiger partial charge in [-0.25, -0.2) is 4.79 Å². The first-order valence-electron chi connectivity index (χ1n) is 9.97. The maximum atomic E-state index is 14.0. The predicted octanol–water partition coefficient (Wildman–Crippen LogP) is 4.23. The van der Waals surface area contributed by atoms with Gasteiger partial charge in [0.05, 0.1) is 12.5 Å². The predicted molar refractivity (Wildman–Crippen MR) is 99.3 cm³/mol. The lowest BCUT2D eigenvalue weighted by atomic mass is 9.89. The van der Waals surface area contributed by atoms with Crippen LogP contribution in [0, 0.1) is 5.92 Å². The third-order valence-corrected chi connectivity index (χ3v) is 5.64. The highest BCUT2D eigenvalue weighted by Crippen LogP contribution is 2.43. The summed E-state index contributed by atoms with van der Waals surface area (Å²) in [7, 11) is -6.67. The molecule has 1 unspecified atom stereocenters. The van der Waals surface area contributed by atoms with E-state index in [0.29, 0.717) is 19.3 Å². The van der Waals surface area contributed by atoms with E-state index in [1.165, 1.54) is 0 Å². The first-order chi connectivity index (χ1) is 15.1. The molecule has 200 valence electrons. The van der Waals surface area contributed by atoms with Crippen molar-refractivity contribution in [3.8, 4) is 0 Å². The summed E-state index contributed by atoms with van der Waals surface area (Å²) < 4.78 is 139. The molecule has 1 aliphatic rings. The molecule has 0 aliphatic heterocycles. The Labute approximate surface area is 190 Å². The minimum Gasteiger partial charge on any atom is -0.455 e. The summed E-state index contributed by atoms with van der Waals surface area (Å²) in [6, 6.07) is 0. The van der Waals surface area contributed by atoms with Crippen molar-refractivity contribution in [1.82, 2.24) is 0 Å². The van der Waals surface area contributed by atoms with Crippen LogP contribution in [0.1, 0.15) is 59.3 Å². The minimum absolute atomic E-state index is 0.111. The van der Waals surface area contributed by atoms with Crippen LogP contribution < -0.4 is 0 Å². The molecule has 1 fully saturated rings. The van der Waals surface area contributed by atoms with E-state index in [9.17, 15) is 48.7 Å². The fourth-order valence-corrected chi connectivity index (χ4v) is 3.43. The summed E-state index contributed by atoms with van der Waals surface area (Å²) in [5, 5.41) is -6.09. The van der Waals surface area contributed by atoms with Gasteiger partial charge in [-0.1, -0.05) is 19.3 Å². The molecule has 1 N–H and O–H groups in total. The second-order valence-electron chi connectivity index (χ2n) is 8.67. The molecule has 1 atom stereocenters. The van der Waals surface area contributed by atoms with Crippen molar-refractivity contribution in [1.29, 1.82) is 0 Å². The molecule has 16 heteroatoms. The molecule has 0 heterocycles. The van der Waals surface area contributed by atoms with Gasteiger partial charge in [0.1, 0.15) is 5.60 Å². The lowest BCUT2D eigenvalue weighted by Gasteiger charge is -2.36. The largest absolute Gasteiger partial charge is 0.468 e. The van der Waals surface area contributed by atoms with Crippen molar-refractivity contribution >= 4 is 22.1 Å². The third kappa shape index (κ3) is 6.93. The highest BCUT2D eigenvalue weighted by molar-refractivity contribution is 7.87. The van der Waals surface area contributed by atoms with Gasteiger partial charge >= 0.3 is 45.2 Å². The van der Waals surface area contributed by atoms with E-state index in [1.807, 2.05) is 0 Å². The SMILES string of the molecule is CC(C)(C)OC(=O)C(OCCC(F)(F)C(F)(F)S(=O)(=O)O)(OC(=O)C1CCCCC1)C(F)(F)F. The number of hydrogen-bond donors (Lipinski definition) is 1. The second-order valence-corrected chi connectivity index (χ2v) is 10.1. The Balaban J connectivity index is 3.31. The zero-order chi connectivity index (χ0) is 26.8. The smallest absolute Gasteiger partial charge is 0.455 e. The first-order valence-corrected chi connectivity index (χ1v) is 11.4. The van der Waals surface area contributed by atoms with Gasteiger partial charge in [-0.2, -0.15) is 39.2 Å². The highest BCUT2D eigenvalue weighted by Gasteiger charge is 2.70. The molecule has 0 aromatic heterocycles. The summed E-state index contributed by atoms with van der Waals surface area (Å²) in [6.07, 6.45) is -6.50. The van der Waals surface area contributed by atoms with Crippen LogP contribution in [0.5, 0.6) is 0 Å². The molecule has 1 saturated carbocycles. The maximum Gasteiger partial charge on any atom is 0.468 e. The average molecular weight is 534 g/mol. The number of carbonyl (C=O) groups excluding carboxylic acids is 2. The van der Waals surface area contributed by atoms with Gasteiger partial charge in [-0.15, -0.1) is 0 Å². The van der Waals surface area contributed by atoms with Crippen molar-refractivity contribution in [3.05, 3.63) is 0 Å². The molecule has 1 aliphatic carbocycles. The highest BCUT2D eigenvalue weighted by atomic mass is 32.2. The topological polar surface area (TPSA) is 116 Å². The number of halogens is 7. The molecule has 0 amide bonds. The molecule has 0 spiro atoms. The summed E-state index contributed by atoms with van der Waals surface area (Å²) in [5.41, 5.74) is -1.61. The Hall–Kier alpha value is -1.68. The monoisotopic (exact) mass is 534 g/mol. The molecular formula is C18H25F7O8S. The Morgan fingerprint density at radius 2 is 1.41 bits per heavy atom. The summed E-state index contributed by atoms with van der Waals surface area (Å²) in [5.74, 6) is -15.2. The van der Waals surface area contributed by atoms with Crippen molar-refractivity contribution < 1.29 is 67.5 Å². The van der Waals surface area contributed by atoms with Crippen LogP contribution in [0.4, 0.5) is 30.7 Å². The fourth-order valence-electron chi connectivity index (χ4n) is 2.95. The summed E-state index contributed by atoms with van der Waals surface area (Å²) >= 11 is 0. The van der Waals surface area contributed by atoms with Gasteiger partial charge in [-0.05, 0) is 33.6 Å². The molecular weight excluding hydrogens is 509 g/mol. The van der Waals surface area contributed by atoms with Crippen molar-refractivity contribution in [2.45, 2.75) is 88.0 Å². The lowest BCUT2D eigenvalue weighted by molar-refractivity contribution is -0.361. The number of carbonyl (C=O) groups is 2. The van der Waals surface area contributed by atoms with Crippen molar-refractivity contribution in [2.24, 2.45) is 5.92 Å². The third-order valence-electron chi connectivity index (χ3n) is 4.69. The Morgan fingerprint density at radius 1 is 0.912 bits per heavy atom. The van der Waals surface area contributed by atoms with Crippen LogP contribution in [0.15, 0.2) is 0 Å². The molecule has 0 bridgehead atoms. The van der Waals surface area contributed by atoms with Crippen molar-refractivity contribution in [2.75, 3.05) is 6.61 Å². The van der Waals surface area contributed by atoms with Gasteiger partial charge in [-0.3, -0.25) is 9.35 Å². The number of hydrogen-bond acceptors (Lipinski definition) is 7. The number of esters is 2. The normalized spacial score (nSPS) is 18.8. The van der Waals surface area contributed by atoms with E-state index in [-0.39, 0.29) is 12.8 Å². The molecule has 8 nitrogen and oxygen atoms in total. The van der Waals surface area contributed by atoms with Gasteiger partial charge in [0.15, 0.2) is 0 Å². The van der Waals surface area contributed by atoms with Crippen molar-refractivity contribution in [3.63, 3.8) is 0 Å². The molecule has 0 aromatic carbocycles. The first kappa shape index (κ1) is 30.4. The quantitative estimate of drug-likeness (QED) is 0.202. The van der Waals surface area contributed by atoms with Crippen LogP contribution in [0.3, 0.4) is 0 Å². The van der Waals surface area contributed by atoms with Crippen LogP contribution in [-0.2, 0) is 33.9 Å². The Morgan fingerprint density at radius 3 is 1.82 bits per heavy atom. The Kier molecular flexibility index (Phi) is 9.04. The second kappa shape index (κ2) is 10.1. The van der Waals surface area contributed by atoms with Crippen LogP contribution in [-0.4, -0.2) is 60.3 Å². The fraction of sp³-hybridized carbons (Fsp3) is 0.889. The van der Waals surface area contributed by atoms with E-state index in [1.54, 1.807) is 0 Å². The van der Waals surface area contributed by atoms with E-state index in [0.717, 1.165) is 20.8 Å². The number of ether oxygens (including phenoxy) is 3. The molecule has 0 aromatic rings. The van der Waals surface area contributed by atoms with Gasteiger partial charge in [0, 0.05) is 6.42 Å². The summed E-state index contributed by atoms with van der Waals surface area (Å²) in [4.78, 5) is 24.8. The zero-order valence-electron chi connectivity index (χ0n) is 18.4. The van der Waals surface area contributed by atoms with Crippen LogP contribution in [0.2, 0.25) is 0 Å². The van der Waals surface area contributed by atoms with Crippen LogP contribution in [0.25, 0.3) is 0 Å². The van der Waals surface area contributed by atoms with Gasteiger partial charge in [0.25, 0.3) is 0 Å². The van der Waals surface area contributed by atoms with E-state index in [2.05, 4.69) is 14.2 Å². The Bertz CT molecular complexity index is 845. The van der Waals surface area contributed by atoms with Crippen LogP contribution >= 0.6 is 0 Å². The minimum atomic E-state index is -6.67. The molecule has 0 radical (unpaired) electrons. The zero-order valence-corrected chi connectivity index (χ0v) is 19.2. The summed E-state index contributed by atoms with van der Waals surface area (Å²) in [6.45, 7) is 1.36. The van der Waals surface area contributed by atoms with E-state index in [4.69, 9.17) is 4.55 Å². The lowest BCUT2D eigenvalue weighted by Crippen LogP contribution is -2.60. The molecule has 0 saturated heterocycles. The van der Waals surface area contributed by atoms with Gasteiger partial charge < -0.3 is 14.2 Å². The van der Waals surface area contributed by atoms with Gasteiger partial charge in [0.2, 0.25) is 0 Å². The maximum absolute atomic E-state index is 14.0. The standard InChI is InChI=1S/C18H25F7O8S/c1-14(2,3)33-13(27)16(17(21,22)23,32-12(26)11-7-5-4-6-8-11)31-10-9-15(19,20)18(24,25)34(28,29)30/h11H,4-10H2,1-3H3,(H,28,29,30). The van der Waals surface area contributed by atoms with E-state index < -0.39 is 69.7 Å². The number of alkyl halides is 7. The van der Waals surface area contributed by atoms with E-state index >= 15 is 0 Å². The average Bonchev–Trinajstić information content (AvgIpc) is 2.64. The number of rotatable bonds is 9. The molecule has 1 rings (SSSR count).